The Kier molecular flexibility index (Phi) is 5.47. The summed E-state index contributed by atoms with van der Waals surface area (Å²) in [4.78, 5) is 0. The summed E-state index contributed by atoms with van der Waals surface area (Å²) in [6.45, 7) is 2.12. The van der Waals surface area contributed by atoms with Crippen LogP contribution in [0.15, 0.2) is 46.6 Å². The van der Waals surface area contributed by atoms with Crippen LogP contribution >= 0.6 is 0 Å². The summed E-state index contributed by atoms with van der Waals surface area (Å²) >= 11 is 0. The minimum absolute atomic E-state index is 0.104. The third-order valence-electron chi connectivity index (χ3n) is 3.00. The quantitative estimate of drug-likeness (QED) is 0.441. The molecule has 0 fully saturated rings. The van der Waals surface area contributed by atoms with E-state index in [0.717, 1.165) is 36.8 Å². The third kappa shape index (κ3) is 4.28. The van der Waals surface area contributed by atoms with Crippen molar-refractivity contribution in [2.24, 2.45) is 10.2 Å². The fourth-order valence-electron chi connectivity index (χ4n) is 1.91. The third-order valence-corrected chi connectivity index (χ3v) is 3.00. The highest BCUT2D eigenvalue weighted by Gasteiger charge is 2.09. The van der Waals surface area contributed by atoms with E-state index in [1.54, 1.807) is 0 Å². The van der Waals surface area contributed by atoms with Gasteiger partial charge in [0.15, 0.2) is 17.5 Å². The summed E-state index contributed by atoms with van der Waals surface area (Å²) in [5.74, 6) is -4.00. The summed E-state index contributed by atoms with van der Waals surface area (Å²) in [5, 5.41) is 7.50. The van der Waals surface area contributed by atoms with Gasteiger partial charge in [-0.15, -0.1) is 0 Å². The van der Waals surface area contributed by atoms with Crippen molar-refractivity contribution in [1.82, 2.24) is 0 Å². The molecule has 2 nitrogen and oxygen atoms in total. The van der Waals surface area contributed by atoms with E-state index in [0.29, 0.717) is 0 Å². The Morgan fingerprint density at radius 1 is 0.864 bits per heavy atom. The monoisotopic (exact) mass is 304 g/mol. The van der Waals surface area contributed by atoms with Crippen molar-refractivity contribution in [3.63, 3.8) is 0 Å². The summed E-state index contributed by atoms with van der Waals surface area (Å²) < 4.78 is 38.8. The van der Waals surface area contributed by atoms with Crippen molar-refractivity contribution < 1.29 is 13.2 Å². The first-order valence-corrected chi connectivity index (χ1v) is 6.90. The molecule has 0 aliphatic carbocycles. The Hall–Kier alpha value is -2.43. The molecule has 22 heavy (non-hydrogen) atoms. The molecule has 0 unspecified atom stereocenters. The lowest BCUT2D eigenvalue weighted by Crippen LogP contribution is -1.93. The van der Waals surface area contributed by atoms with Gasteiger partial charge >= 0.3 is 0 Å². The van der Waals surface area contributed by atoms with Gasteiger partial charge in [-0.25, -0.2) is 13.2 Å². The number of halogens is 3. The van der Waals surface area contributed by atoms with Crippen LogP contribution in [0.25, 0.3) is 0 Å². The van der Waals surface area contributed by atoms with Crippen LogP contribution in [0.1, 0.15) is 30.0 Å². The van der Waals surface area contributed by atoms with E-state index in [1.807, 2.05) is 24.3 Å². The first-order valence-electron chi connectivity index (χ1n) is 6.90. The van der Waals surface area contributed by atoms with Gasteiger partial charge in [0.2, 0.25) is 0 Å². The van der Waals surface area contributed by atoms with Gasteiger partial charge in [-0.05, 0) is 29.7 Å². The standard InChI is InChI=1S/C17H15F3N2/c1-2-3-12-4-6-13(7-5-12)10-21-22-11-14-8-15(18)17(20)16(19)9-14/h4-11H,2-3H2,1H3. The van der Waals surface area contributed by atoms with Crippen LogP contribution < -0.4 is 0 Å². The lowest BCUT2D eigenvalue weighted by Gasteiger charge is -1.98. The zero-order chi connectivity index (χ0) is 15.9. The van der Waals surface area contributed by atoms with Crippen molar-refractivity contribution >= 4 is 12.4 Å². The molecule has 0 N–H and O–H groups in total. The van der Waals surface area contributed by atoms with Gasteiger partial charge < -0.3 is 0 Å². The molecular weight excluding hydrogens is 289 g/mol. The number of aryl methyl sites for hydroxylation is 1. The molecule has 0 spiro atoms. The highest BCUT2D eigenvalue weighted by atomic mass is 19.2. The topological polar surface area (TPSA) is 24.7 Å². The number of hydrogen-bond acceptors (Lipinski definition) is 2. The zero-order valence-electron chi connectivity index (χ0n) is 12.1. The molecule has 0 aliphatic heterocycles. The Morgan fingerprint density at radius 2 is 1.41 bits per heavy atom. The van der Waals surface area contributed by atoms with E-state index in [1.165, 1.54) is 11.8 Å². The zero-order valence-corrected chi connectivity index (χ0v) is 12.1. The van der Waals surface area contributed by atoms with Crippen LogP contribution in [0.5, 0.6) is 0 Å². The second-order valence-electron chi connectivity index (χ2n) is 4.78. The molecule has 2 rings (SSSR count). The smallest absolute Gasteiger partial charge is 0.194 e. The molecule has 0 atom stereocenters. The van der Waals surface area contributed by atoms with E-state index in [4.69, 9.17) is 0 Å². The molecule has 114 valence electrons. The van der Waals surface area contributed by atoms with Crippen molar-refractivity contribution in [3.8, 4) is 0 Å². The molecule has 0 aliphatic rings. The van der Waals surface area contributed by atoms with Crippen LogP contribution in [0.2, 0.25) is 0 Å². The van der Waals surface area contributed by atoms with E-state index < -0.39 is 17.5 Å². The summed E-state index contributed by atoms with van der Waals surface area (Å²) in [6, 6.07) is 9.58. The maximum atomic E-state index is 13.0. The van der Waals surface area contributed by atoms with Crippen molar-refractivity contribution in [3.05, 3.63) is 70.5 Å². The van der Waals surface area contributed by atoms with Crippen molar-refractivity contribution in [2.75, 3.05) is 0 Å². The minimum Gasteiger partial charge on any atom is -0.204 e. The summed E-state index contributed by atoms with van der Waals surface area (Å²) in [6.07, 6.45) is 4.80. The molecule has 0 aromatic heterocycles. The van der Waals surface area contributed by atoms with Gasteiger partial charge in [-0.2, -0.15) is 10.2 Å². The lowest BCUT2D eigenvalue weighted by atomic mass is 10.1. The Morgan fingerprint density at radius 3 is 1.95 bits per heavy atom. The van der Waals surface area contributed by atoms with E-state index in [2.05, 4.69) is 17.1 Å². The lowest BCUT2D eigenvalue weighted by molar-refractivity contribution is 0.447. The largest absolute Gasteiger partial charge is 0.204 e. The molecule has 5 heteroatoms. The van der Waals surface area contributed by atoms with E-state index >= 15 is 0 Å². The second-order valence-corrected chi connectivity index (χ2v) is 4.78. The average Bonchev–Trinajstić information content (AvgIpc) is 2.51. The van der Waals surface area contributed by atoms with Crippen LogP contribution in [0, 0.1) is 17.5 Å². The average molecular weight is 304 g/mol. The van der Waals surface area contributed by atoms with Gasteiger partial charge in [0.05, 0.1) is 12.4 Å². The molecule has 0 heterocycles. The van der Waals surface area contributed by atoms with Gasteiger partial charge in [-0.3, -0.25) is 0 Å². The van der Waals surface area contributed by atoms with Gasteiger partial charge in [-0.1, -0.05) is 37.6 Å². The predicted molar refractivity (Wildman–Crippen MR) is 81.9 cm³/mol. The summed E-state index contributed by atoms with van der Waals surface area (Å²) in [7, 11) is 0. The van der Waals surface area contributed by atoms with Crippen LogP contribution in [0.4, 0.5) is 13.2 Å². The SMILES string of the molecule is CCCc1ccc(C=NN=Cc2cc(F)c(F)c(F)c2)cc1. The van der Waals surface area contributed by atoms with E-state index in [-0.39, 0.29) is 5.56 Å². The molecule has 0 saturated carbocycles. The fourth-order valence-corrected chi connectivity index (χ4v) is 1.91. The molecule has 0 amide bonds. The van der Waals surface area contributed by atoms with Gasteiger partial charge in [0, 0.05) is 5.56 Å². The minimum atomic E-state index is -1.49. The number of hydrogen-bond donors (Lipinski definition) is 0. The second kappa shape index (κ2) is 7.54. The maximum Gasteiger partial charge on any atom is 0.194 e. The molecule has 2 aromatic carbocycles. The first kappa shape index (κ1) is 15.9. The van der Waals surface area contributed by atoms with Crippen LogP contribution in [-0.2, 0) is 6.42 Å². The van der Waals surface area contributed by atoms with Crippen LogP contribution in [-0.4, -0.2) is 12.4 Å². The van der Waals surface area contributed by atoms with Crippen LogP contribution in [0.3, 0.4) is 0 Å². The Bertz CT molecular complexity index is 669. The normalized spacial score (nSPS) is 11.6. The van der Waals surface area contributed by atoms with Gasteiger partial charge in [0.1, 0.15) is 0 Å². The predicted octanol–water partition coefficient (Wildman–Crippen LogP) is 4.51. The first-order chi connectivity index (χ1) is 10.6. The highest BCUT2D eigenvalue weighted by molar-refractivity contribution is 5.82. The molecular formula is C17H15F3N2. The van der Waals surface area contributed by atoms with Gasteiger partial charge in [0.25, 0.3) is 0 Å². The number of nitrogens with zero attached hydrogens (tertiary/aromatic N) is 2. The Labute approximate surface area is 127 Å². The number of rotatable bonds is 5. The number of benzene rings is 2. The molecule has 0 radical (unpaired) electrons. The fraction of sp³-hybridized carbons (Fsp3) is 0.176. The molecule has 0 saturated heterocycles. The summed E-state index contributed by atoms with van der Waals surface area (Å²) in [5.41, 5.74) is 2.22. The van der Waals surface area contributed by atoms with Crippen molar-refractivity contribution in [2.45, 2.75) is 19.8 Å². The Balaban J connectivity index is 2.02. The molecule has 2 aromatic rings. The highest BCUT2D eigenvalue weighted by Crippen LogP contribution is 2.12. The van der Waals surface area contributed by atoms with Crippen molar-refractivity contribution in [1.29, 1.82) is 0 Å². The van der Waals surface area contributed by atoms with E-state index in [9.17, 15) is 13.2 Å². The molecule has 0 bridgehead atoms. The maximum absolute atomic E-state index is 13.0.